The van der Waals surface area contributed by atoms with Gasteiger partial charge in [-0.3, -0.25) is 0 Å². The van der Waals surface area contributed by atoms with Crippen molar-refractivity contribution in [2.45, 2.75) is 58.8 Å². The predicted octanol–water partition coefficient (Wildman–Crippen LogP) is 3.42. The van der Waals surface area contributed by atoms with Crippen molar-refractivity contribution in [3.63, 3.8) is 0 Å². The molecule has 0 amide bonds. The van der Waals surface area contributed by atoms with Gasteiger partial charge in [-0.1, -0.05) is 52.4 Å². The molecule has 1 N–H and O–H groups in total. The Bertz CT molecular complexity index is 188. The zero-order valence-electron chi connectivity index (χ0n) is 14.1. The summed E-state index contributed by atoms with van der Waals surface area (Å²) in [5.41, 5.74) is 0. The summed E-state index contributed by atoms with van der Waals surface area (Å²) in [5, 5.41) is 8.51. The lowest BCUT2D eigenvalue weighted by molar-refractivity contribution is 0.00719. The lowest BCUT2D eigenvalue weighted by Crippen LogP contribution is -2.11. The van der Waals surface area contributed by atoms with Crippen LogP contribution in [0, 0.1) is 5.92 Å². The van der Waals surface area contributed by atoms with Gasteiger partial charge in [-0.2, -0.15) is 0 Å². The molecule has 4 nitrogen and oxygen atoms in total. The zero-order valence-corrected chi connectivity index (χ0v) is 14.1. The van der Waals surface area contributed by atoms with Crippen LogP contribution in [0.15, 0.2) is 0 Å². The van der Waals surface area contributed by atoms with Crippen molar-refractivity contribution in [1.29, 1.82) is 0 Å². The fourth-order valence-electron chi connectivity index (χ4n) is 2.29. The molecule has 0 spiro atoms. The van der Waals surface area contributed by atoms with Gasteiger partial charge in [0.15, 0.2) is 0 Å². The molecule has 0 radical (unpaired) electrons. The minimum atomic E-state index is 0.0701. The Morgan fingerprint density at radius 3 is 1.90 bits per heavy atom. The molecular formula is C17H36O4. The second-order valence-electron chi connectivity index (χ2n) is 5.66. The molecule has 0 aromatic rings. The third kappa shape index (κ3) is 17.8. The van der Waals surface area contributed by atoms with Crippen LogP contribution in [0.4, 0.5) is 0 Å². The lowest BCUT2D eigenvalue weighted by Gasteiger charge is -2.09. The van der Waals surface area contributed by atoms with E-state index in [1.54, 1.807) is 0 Å². The van der Waals surface area contributed by atoms with E-state index in [-0.39, 0.29) is 6.61 Å². The molecule has 0 aromatic carbocycles. The Labute approximate surface area is 131 Å². The molecule has 0 fully saturated rings. The van der Waals surface area contributed by atoms with E-state index in [9.17, 15) is 0 Å². The second kappa shape index (κ2) is 17.9. The SMILES string of the molecule is CCCC(C)CCCCCCOCCOCCOCCO. The molecule has 0 aliphatic heterocycles. The van der Waals surface area contributed by atoms with Gasteiger partial charge < -0.3 is 19.3 Å². The highest BCUT2D eigenvalue weighted by Gasteiger charge is 2.00. The van der Waals surface area contributed by atoms with E-state index in [2.05, 4.69) is 13.8 Å². The highest BCUT2D eigenvalue weighted by atomic mass is 16.5. The fourth-order valence-corrected chi connectivity index (χ4v) is 2.29. The number of rotatable bonds is 17. The average Bonchev–Trinajstić information content (AvgIpc) is 2.48. The average molecular weight is 304 g/mol. The van der Waals surface area contributed by atoms with Crippen LogP contribution in [0.3, 0.4) is 0 Å². The van der Waals surface area contributed by atoms with E-state index in [1.165, 1.54) is 38.5 Å². The molecule has 0 rings (SSSR count). The van der Waals surface area contributed by atoms with Crippen LogP contribution in [-0.2, 0) is 14.2 Å². The van der Waals surface area contributed by atoms with Gasteiger partial charge in [-0.05, 0) is 12.3 Å². The molecule has 0 bridgehead atoms. The first-order valence-electron chi connectivity index (χ1n) is 8.65. The van der Waals surface area contributed by atoms with Crippen molar-refractivity contribution in [1.82, 2.24) is 0 Å². The molecule has 1 atom stereocenters. The monoisotopic (exact) mass is 304 g/mol. The molecule has 0 aromatic heterocycles. The van der Waals surface area contributed by atoms with E-state index >= 15 is 0 Å². The fraction of sp³-hybridized carbons (Fsp3) is 1.00. The van der Waals surface area contributed by atoms with Crippen LogP contribution in [0.5, 0.6) is 0 Å². The van der Waals surface area contributed by atoms with Crippen LogP contribution in [0.25, 0.3) is 0 Å². The van der Waals surface area contributed by atoms with Crippen LogP contribution in [0.2, 0.25) is 0 Å². The van der Waals surface area contributed by atoms with E-state index in [0.717, 1.165) is 18.9 Å². The highest BCUT2D eigenvalue weighted by Crippen LogP contribution is 2.14. The van der Waals surface area contributed by atoms with Crippen molar-refractivity contribution in [2.75, 3.05) is 46.2 Å². The predicted molar refractivity (Wildman–Crippen MR) is 86.7 cm³/mol. The smallest absolute Gasteiger partial charge is 0.0701 e. The molecule has 21 heavy (non-hydrogen) atoms. The van der Waals surface area contributed by atoms with Crippen molar-refractivity contribution in [3.05, 3.63) is 0 Å². The van der Waals surface area contributed by atoms with Crippen molar-refractivity contribution >= 4 is 0 Å². The third-order valence-electron chi connectivity index (χ3n) is 3.50. The quantitative estimate of drug-likeness (QED) is 0.418. The van der Waals surface area contributed by atoms with E-state index in [4.69, 9.17) is 19.3 Å². The van der Waals surface area contributed by atoms with Gasteiger partial charge in [-0.15, -0.1) is 0 Å². The molecule has 0 saturated carbocycles. The third-order valence-corrected chi connectivity index (χ3v) is 3.50. The molecule has 128 valence electrons. The zero-order chi connectivity index (χ0) is 15.6. The molecule has 0 aliphatic rings. The topological polar surface area (TPSA) is 47.9 Å². The van der Waals surface area contributed by atoms with Gasteiger partial charge in [-0.25, -0.2) is 0 Å². The Hall–Kier alpha value is -0.160. The maximum atomic E-state index is 8.51. The maximum absolute atomic E-state index is 8.51. The number of aliphatic hydroxyl groups excluding tert-OH is 1. The van der Waals surface area contributed by atoms with Gasteiger partial charge >= 0.3 is 0 Å². The Morgan fingerprint density at radius 1 is 0.714 bits per heavy atom. The van der Waals surface area contributed by atoms with Gasteiger partial charge in [0, 0.05) is 6.61 Å². The van der Waals surface area contributed by atoms with Gasteiger partial charge in [0.05, 0.1) is 39.6 Å². The summed E-state index contributed by atoms with van der Waals surface area (Å²) in [4.78, 5) is 0. The largest absolute Gasteiger partial charge is 0.394 e. The summed E-state index contributed by atoms with van der Waals surface area (Å²) in [7, 11) is 0. The summed E-state index contributed by atoms with van der Waals surface area (Å²) in [5.74, 6) is 0.893. The van der Waals surface area contributed by atoms with Crippen molar-refractivity contribution in [3.8, 4) is 0 Å². The number of unbranched alkanes of at least 4 members (excludes halogenated alkanes) is 3. The summed E-state index contributed by atoms with van der Waals surface area (Å²) >= 11 is 0. The van der Waals surface area contributed by atoms with Crippen LogP contribution < -0.4 is 0 Å². The lowest BCUT2D eigenvalue weighted by atomic mass is 9.98. The summed E-state index contributed by atoms with van der Waals surface area (Å²) < 4.78 is 15.9. The van der Waals surface area contributed by atoms with E-state index < -0.39 is 0 Å². The molecule has 4 heteroatoms. The highest BCUT2D eigenvalue weighted by molar-refractivity contribution is 4.53. The number of ether oxygens (including phenoxy) is 3. The van der Waals surface area contributed by atoms with Gasteiger partial charge in [0.2, 0.25) is 0 Å². The summed E-state index contributed by atoms with van der Waals surface area (Å²) in [6.07, 6.45) is 9.17. The number of aliphatic hydroxyl groups is 1. The summed E-state index contributed by atoms with van der Waals surface area (Å²) in [6.45, 7) is 8.31. The van der Waals surface area contributed by atoms with Crippen LogP contribution in [-0.4, -0.2) is 51.4 Å². The standard InChI is InChI=1S/C17H36O4/c1-3-8-17(2)9-6-4-5-7-11-19-13-15-21-16-14-20-12-10-18/h17-18H,3-16H2,1-2H3. The summed E-state index contributed by atoms with van der Waals surface area (Å²) in [6, 6.07) is 0. The minimum absolute atomic E-state index is 0.0701. The Kier molecular flexibility index (Phi) is 17.8. The molecule has 0 heterocycles. The Morgan fingerprint density at radius 2 is 1.29 bits per heavy atom. The maximum Gasteiger partial charge on any atom is 0.0701 e. The van der Waals surface area contributed by atoms with Gasteiger partial charge in [0.1, 0.15) is 0 Å². The first-order chi connectivity index (χ1) is 10.3. The molecule has 0 saturated heterocycles. The second-order valence-corrected chi connectivity index (χ2v) is 5.66. The number of hydrogen-bond acceptors (Lipinski definition) is 4. The normalized spacial score (nSPS) is 12.7. The molecule has 1 unspecified atom stereocenters. The minimum Gasteiger partial charge on any atom is -0.394 e. The van der Waals surface area contributed by atoms with E-state index in [0.29, 0.717) is 33.0 Å². The van der Waals surface area contributed by atoms with Crippen molar-refractivity contribution in [2.24, 2.45) is 5.92 Å². The molecular weight excluding hydrogens is 268 g/mol. The Balaban J connectivity index is 2.99. The van der Waals surface area contributed by atoms with E-state index in [1.807, 2.05) is 0 Å². The first-order valence-corrected chi connectivity index (χ1v) is 8.65. The van der Waals surface area contributed by atoms with Crippen LogP contribution >= 0.6 is 0 Å². The molecule has 0 aliphatic carbocycles. The van der Waals surface area contributed by atoms with Crippen LogP contribution in [0.1, 0.15) is 58.8 Å². The first kappa shape index (κ1) is 20.8. The van der Waals surface area contributed by atoms with Gasteiger partial charge in [0.25, 0.3) is 0 Å². The number of hydrogen-bond donors (Lipinski definition) is 1. The van der Waals surface area contributed by atoms with Crippen molar-refractivity contribution < 1.29 is 19.3 Å².